The minimum absolute atomic E-state index is 0.239. The average molecular weight is 193 g/mol. The molecule has 0 aliphatic heterocycles. The van der Waals surface area contributed by atoms with Crippen LogP contribution in [0.1, 0.15) is 25.5 Å². The van der Waals surface area contributed by atoms with Crippen molar-refractivity contribution in [1.29, 1.82) is 0 Å². The number of hydrogen-bond acceptors (Lipinski definition) is 2. The van der Waals surface area contributed by atoms with Crippen LogP contribution < -0.4 is 0 Å². The zero-order chi connectivity index (χ0) is 10.4. The summed E-state index contributed by atoms with van der Waals surface area (Å²) in [7, 11) is 0. The van der Waals surface area contributed by atoms with Gasteiger partial charge < -0.3 is 5.11 Å². The molecule has 0 aliphatic rings. The first-order valence-corrected chi connectivity index (χ1v) is 4.86. The van der Waals surface area contributed by atoms with Gasteiger partial charge in [0.25, 0.3) is 0 Å². The van der Waals surface area contributed by atoms with Crippen molar-refractivity contribution < 1.29 is 9.90 Å². The van der Waals surface area contributed by atoms with Crippen LogP contribution in [0.25, 0.3) is 0 Å². The standard InChI is InChI=1S/C11H15NO2/c1-2-9(11(13)14)6-7-10-5-3-4-8-12-10/h3-5,8-9H,2,6-7H2,1H3,(H,13,14). The highest BCUT2D eigenvalue weighted by Gasteiger charge is 2.14. The summed E-state index contributed by atoms with van der Waals surface area (Å²) in [4.78, 5) is 14.9. The third kappa shape index (κ3) is 3.17. The molecule has 1 unspecified atom stereocenters. The van der Waals surface area contributed by atoms with Gasteiger partial charge in [-0.1, -0.05) is 13.0 Å². The molecule has 0 bridgehead atoms. The van der Waals surface area contributed by atoms with Crippen molar-refractivity contribution >= 4 is 5.97 Å². The number of pyridine rings is 1. The molecule has 3 heteroatoms. The number of nitrogens with zero attached hydrogens (tertiary/aromatic N) is 1. The fourth-order valence-electron chi connectivity index (χ4n) is 1.37. The van der Waals surface area contributed by atoms with Gasteiger partial charge in [-0.15, -0.1) is 0 Å². The molecule has 1 rings (SSSR count). The Kier molecular flexibility index (Phi) is 4.11. The Labute approximate surface area is 83.8 Å². The first-order chi connectivity index (χ1) is 6.74. The van der Waals surface area contributed by atoms with Crippen LogP contribution in [0.4, 0.5) is 0 Å². The van der Waals surface area contributed by atoms with Crippen LogP contribution in [0.3, 0.4) is 0 Å². The van der Waals surface area contributed by atoms with Crippen molar-refractivity contribution in [2.24, 2.45) is 5.92 Å². The first kappa shape index (κ1) is 10.7. The van der Waals surface area contributed by atoms with Gasteiger partial charge in [0.2, 0.25) is 0 Å². The second-order valence-corrected chi connectivity index (χ2v) is 3.30. The number of carboxylic acids is 1. The zero-order valence-electron chi connectivity index (χ0n) is 8.31. The number of rotatable bonds is 5. The molecule has 0 radical (unpaired) electrons. The first-order valence-electron chi connectivity index (χ1n) is 4.86. The lowest BCUT2D eigenvalue weighted by Gasteiger charge is -2.08. The predicted molar refractivity (Wildman–Crippen MR) is 54.0 cm³/mol. The topological polar surface area (TPSA) is 50.2 Å². The lowest BCUT2D eigenvalue weighted by molar-refractivity contribution is -0.142. The summed E-state index contributed by atoms with van der Waals surface area (Å²) >= 11 is 0. The van der Waals surface area contributed by atoms with Gasteiger partial charge in [-0.25, -0.2) is 0 Å². The van der Waals surface area contributed by atoms with Gasteiger partial charge in [-0.05, 0) is 31.4 Å². The summed E-state index contributed by atoms with van der Waals surface area (Å²) in [6.07, 6.45) is 3.83. The number of aliphatic carboxylic acids is 1. The monoisotopic (exact) mass is 193 g/mol. The minimum atomic E-state index is -0.705. The van der Waals surface area contributed by atoms with Gasteiger partial charge in [0.15, 0.2) is 0 Å². The Bertz CT molecular complexity index is 285. The number of aryl methyl sites for hydroxylation is 1. The summed E-state index contributed by atoms with van der Waals surface area (Å²) in [6, 6.07) is 5.70. The molecule has 0 aromatic carbocycles. The highest BCUT2D eigenvalue weighted by atomic mass is 16.4. The number of carboxylic acid groups (broad SMARTS) is 1. The largest absolute Gasteiger partial charge is 0.481 e. The van der Waals surface area contributed by atoms with Gasteiger partial charge >= 0.3 is 5.97 Å². The van der Waals surface area contributed by atoms with Crippen molar-refractivity contribution in [3.63, 3.8) is 0 Å². The second-order valence-electron chi connectivity index (χ2n) is 3.30. The molecule has 0 amide bonds. The SMILES string of the molecule is CCC(CCc1ccccn1)C(=O)O. The van der Waals surface area contributed by atoms with Gasteiger partial charge in [0.1, 0.15) is 0 Å². The average Bonchev–Trinajstić information content (AvgIpc) is 2.20. The molecule has 1 heterocycles. The van der Waals surface area contributed by atoms with E-state index in [0.717, 1.165) is 12.1 Å². The molecular formula is C11H15NO2. The third-order valence-corrected chi connectivity index (χ3v) is 2.32. The lowest BCUT2D eigenvalue weighted by Crippen LogP contribution is -2.13. The van der Waals surface area contributed by atoms with Crippen LogP contribution in [0.5, 0.6) is 0 Å². The van der Waals surface area contributed by atoms with E-state index in [1.807, 2.05) is 25.1 Å². The van der Waals surface area contributed by atoms with Crippen molar-refractivity contribution in [3.05, 3.63) is 30.1 Å². The number of aromatic nitrogens is 1. The Balaban J connectivity index is 2.44. The number of carbonyl (C=O) groups is 1. The van der Waals surface area contributed by atoms with E-state index in [1.54, 1.807) is 6.20 Å². The van der Waals surface area contributed by atoms with E-state index in [9.17, 15) is 4.79 Å². The van der Waals surface area contributed by atoms with E-state index in [1.165, 1.54) is 0 Å². The molecule has 0 fully saturated rings. The predicted octanol–water partition coefficient (Wildman–Crippen LogP) is 2.12. The zero-order valence-corrected chi connectivity index (χ0v) is 8.31. The van der Waals surface area contributed by atoms with Crippen LogP contribution in [0.15, 0.2) is 24.4 Å². The van der Waals surface area contributed by atoms with E-state index in [-0.39, 0.29) is 5.92 Å². The van der Waals surface area contributed by atoms with Crippen LogP contribution in [-0.2, 0) is 11.2 Å². The molecule has 1 aromatic rings. The Morgan fingerprint density at radius 1 is 1.57 bits per heavy atom. The Hall–Kier alpha value is -1.38. The normalized spacial score (nSPS) is 12.4. The van der Waals surface area contributed by atoms with Crippen molar-refractivity contribution in [3.8, 4) is 0 Å². The lowest BCUT2D eigenvalue weighted by atomic mass is 9.99. The molecule has 0 saturated heterocycles. The summed E-state index contributed by atoms with van der Waals surface area (Å²) < 4.78 is 0. The smallest absolute Gasteiger partial charge is 0.306 e. The van der Waals surface area contributed by atoms with E-state index < -0.39 is 5.97 Å². The fraction of sp³-hybridized carbons (Fsp3) is 0.455. The molecule has 14 heavy (non-hydrogen) atoms. The van der Waals surface area contributed by atoms with Crippen molar-refractivity contribution in [2.45, 2.75) is 26.2 Å². The maximum atomic E-state index is 10.7. The molecule has 3 nitrogen and oxygen atoms in total. The molecule has 1 atom stereocenters. The highest BCUT2D eigenvalue weighted by Crippen LogP contribution is 2.11. The van der Waals surface area contributed by atoms with Crippen LogP contribution >= 0.6 is 0 Å². The summed E-state index contributed by atoms with van der Waals surface area (Å²) in [5.74, 6) is -0.944. The summed E-state index contributed by atoms with van der Waals surface area (Å²) in [6.45, 7) is 1.90. The van der Waals surface area contributed by atoms with Gasteiger partial charge in [-0.2, -0.15) is 0 Å². The van der Waals surface area contributed by atoms with Crippen LogP contribution in [0.2, 0.25) is 0 Å². The van der Waals surface area contributed by atoms with E-state index in [2.05, 4.69) is 4.98 Å². The highest BCUT2D eigenvalue weighted by molar-refractivity contribution is 5.69. The van der Waals surface area contributed by atoms with Crippen LogP contribution in [0, 0.1) is 5.92 Å². The number of hydrogen-bond donors (Lipinski definition) is 1. The molecule has 76 valence electrons. The second kappa shape index (κ2) is 5.37. The minimum Gasteiger partial charge on any atom is -0.481 e. The molecule has 0 saturated carbocycles. The van der Waals surface area contributed by atoms with E-state index in [0.29, 0.717) is 12.8 Å². The Morgan fingerprint density at radius 3 is 2.86 bits per heavy atom. The quantitative estimate of drug-likeness (QED) is 0.779. The van der Waals surface area contributed by atoms with Crippen LogP contribution in [-0.4, -0.2) is 16.1 Å². The molecule has 1 N–H and O–H groups in total. The molecule has 1 aromatic heterocycles. The van der Waals surface area contributed by atoms with Gasteiger partial charge in [0.05, 0.1) is 5.92 Å². The molecular weight excluding hydrogens is 178 g/mol. The summed E-state index contributed by atoms with van der Waals surface area (Å²) in [5.41, 5.74) is 0.965. The fourth-order valence-corrected chi connectivity index (χ4v) is 1.37. The van der Waals surface area contributed by atoms with E-state index in [4.69, 9.17) is 5.11 Å². The molecule has 0 spiro atoms. The van der Waals surface area contributed by atoms with Gasteiger partial charge in [0, 0.05) is 11.9 Å². The third-order valence-electron chi connectivity index (χ3n) is 2.32. The maximum Gasteiger partial charge on any atom is 0.306 e. The summed E-state index contributed by atoms with van der Waals surface area (Å²) in [5, 5.41) is 8.83. The van der Waals surface area contributed by atoms with Crippen molar-refractivity contribution in [2.75, 3.05) is 0 Å². The van der Waals surface area contributed by atoms with E-state index >= 15 is 0 Å². The Morgan fingerprint density at radius 2 is 2.36 bits per heavy atom. The molecule has 0 aliphatic carbocycles. The van der Waals surface area contributed by atoms with Gasteiger partial charge in [-0.3, -0.25) is 9.78 Å². The van der Waals surface area contributed by atoms with Crippen molar-refractivity contribution in [1.82, 2.24) is 4.98 Å². The maximum absolute atomic E-state index is 10.7.